The molecular weight excluding hydrogens is 296 g/mol. The largest absolute Gasteiger partial charge is 0.467 e. The Morgan fingerprint density at radius 2 is 2.00 bits per heavy atom. The lowest BCUT2D eigenvalue weighted by Crippen LogP contribution is -2.41. The molecular formula is C14H19ClN2O4. The number of likely N-dealkylation sites (tertiary alicyclic amines) is 1. The Hall–Kier alpha value is -1.79. The van der Waals surface area contributed by atoms with Gasteiger partial charge in [-0.3, -0.25) is 4.90 Å². The molecule has 0 radical (unpaired) electrons. The third-order valence-corrected chi connectivity index (χ3v) is 3.25. The molecule has 1 amide bonds. The van der Waals surface area contributed by atoms with Crippen molar-refractivity contribution >= 4 is 24.5 Å². The van der Waals surface area contributed by atoms with Crippen molar-refractivity contribution in [3.63, 3.8) is 0 Å². The zero-order valence-corrected chi connectivity index (χ0v) is 12.5. The summed E-state index contributed by atoms with van der Waals surface area (Å²) in [5, 5.41) is 0. The van der Waals surface area contributed by atoms with E-state index in [1.165, 1.54) is 12.0 Å². The first-order chi connectivity index (χ1) is 9.61. The lowest BCUT2D eigenvalue weighted by Gasteiger charge is -2.21. The number of rotatable bonds is 3. The van der Waals surface area contributed by atoms with E-state index in [2.05, 4.69) is 4.74 Å². The Morgan fingerprint density at radius 1 is 1.33 bits per heavy atom. The van der Waals surface area contributed by atoms with Crippen molar-refractivity contribution in [1.82, 2.24) is 4.90 Å². The van der Waals surface area contributed by atoms with Gasteiger partial charge in [0.25, 0.3) is 0 Å². The molecule has 116 valence electrons. The molecule has 0 unspecified atom stereocenters. The third-order valence-electron chi connectivity index (χ3n) is 3.25. The molecule has 1 heterocycles. The van der Waals surface area contributed by atoms with Crippen LogP contribution in [0.5, 0.6) is 0 Å². The highest BCUT2D eigenvalue weighted by molar-refractivity contribution is 5.85. The maximum Gasteiger partial charge on any atom is 0.410 e. The molecule has 2 N–H and O–H groups in total. The molecule has 0 bridgehead atoms. The van der Waals surface area contributed by atoms with E-state index in [1.807, 2.05) is 30.3 Å². The Bertz CT molecular complexity index is 483. The number of halogens is 1. The summed E-state index contributed by atoms with van der Waals surface area (Å²) in [6.07, 6.45) is -0.148. The van der Waals surface area contributed by atoms with E-state index in [1.54, 1.807) is 0 Å². The van der Waals surface area contributed by atoms with Crippen molar-refractivity contribution < 1.29 is 19.1 Å². The van der Waals surface area contributed by atoms with E-state index in [4.69, 9.17) is 10.5 Å². The Morgan fingerprint density at radius 3 is 2.62 bits per heavy atom. The van der Waals surface area contributed by atoms with Crippen LogP contribution in [0.15, 0.2) is 30.3 Å². The number of amides is 1. The molecule has 6 nitrogen and oxygen atoms in total. The minimum Gasteiger partial charge on any atom is -0.467 e. The molecule has 1 aromatic rings. The first-order valence-corrected chi connectivity index (χ1v) is 6.42. The molecule has 2 rings (SSSR count). The smallest absolute Gasteiger partial charge is 0.410 e. The number of hydrogen-bond donors (Lipinski definition) is 1. The number of esters is 1. The fraction of sp³-hybridized carbons (Fsp3) is 0.429. The Kier molecular flexibility index (Phi) is 6.45. The highest BCUT2D eigenvalue weighted by atomic mass is 35.5. The van der Waals surface area contributed by atoms with Gasteiger partial charge < -0.3 is 15.2 Å². The van der Waals surface area contributed by atoms with Crippen LogP contribution in [0.25, 0.3) is 0 Å². The van der Waals surface area contributed by atoms with Gasteiger partial charge >= 0.3 is 12.1 Å². The first kappa shape index (κ1) is 17.3. The van der Waals surface area contributed by atoms with Crippen LogP contribution < -0.4 is 5.73 Å². The summed E-state index contributed by atoms with van der Waals surface area (Å²) in [6, 6.07) is 8.46. The minimum absolute atomic E-state index is 0. The summed E-state index contributed by atoms with van der Waals surface area (Å²) >= 11 is 0. The van der Waals surface area contributed by atoms with Crippen molar-refractivity contribution in [2.45, 2.75) is 25.1 Å². The van der Waals surface area contributed by atoms with Gasteiger partial charge in [-0.05, 0) is 12.0 Å². The highest BCUT2D eigenvalue weighted by Crippen LogP contribution is 2.19. The molecule has 1 fully saturated rings. The molecule has 1 saturated heterocycles. The van der Waals surface area contributed by atoms with Gasteiger partial charge in [-0.1, -0.05) is 30.3 Å². The number of nitrogens with two attached hydrogens (primary N) is 1. The van der Waals surface area contributed by atoms with E-state index in [0.717, 1.165) is 5.56 Å². The Balaban J connectivity index is 0.00000220. The SMILES string of the molecule is COC(=O)[C@@H]1C[C@@H](N)CN1C(=O)OCc1ccccc1.Cl. The number of carbonyl (C=O) groups excluding carboxylic acids is 2. The second kappa shape index (κ2) is 7.85. The predicted molar refractivity (Wildman–Crippen MR) is 79.0 cm³/mol. The monoisotopic (exact) mass is 314 g/mol. The quantitative estimate of drug-likeness (QED) is 0.851. The van der Waals surface area contributed by atoms with Gasteiger partial charge in [0.05, 0.1) is 7.11 Å². The molecule has 0 aliphatic carbocycles. The van der Waals surface area contributed by atoms with Crippen molar-refractivity contribution in [1.29, 1.82) is 0 Å². The number of benzene rings is 1. The number of nitrogens with zero attached hydrogens (tertiary/aromatic N) is 1. The van der Waals surface area contributed by atoms with Crippen molar-refractivity contribution in [3.8, 4) is 0 Å². The van der Waals surface area contributed by atoms with Crippen molar-refractivity contribution in [3.05, 3.63) is 35.9 Å². The number of carbonyl (C=O) groups is 2. The maximum atomic E-state index is 12.0. The number of methoxy groups -OCH3 is 1. The third kappa shape index (κ3) is 4.34. The van der Waals surface area contributed by atoms with Gasteiger partial charge in [0.15, 0.2) is 0 Å². The summed E-state index contributed by atoms with van der Waals surface area (Å²) in [4.78, 5) is 25.0. The molecule has 2 atom stereocenters. The van der Waals surface area contributed by atoms with Crippen molar-refractivity contribution in [2.75, 3.05) is 13.7 Å². The highest BCUT2D eigenvalue weighted by Gasteiger charge is 2.39. The fourth-order valence-electron chi connectivity index (χ4n) is 2.23. The summed E-state index contributed by atoms with van der Waals surface area (Å²) in [5.41, 5.74) is 6.68. The first-order valence-electron chi connectivity index (χ1n) is 6.42. The fourth-order valence-corrected chi connectivity index (χ4v) is 2.23. The normalized spacial score (nSPS) is 20.6. The lowest BCUT2D eigenvalue weighted by molar-refractivity contribution is -0.145. The number of hydrogen-bond acceptors (Lipinski definition) is 5. The maximum absolute atomic E-state index is 12.0. The van der Waals surface area contributed by atoms with Crippen LogP contribution in [0.2, 0.25) is 0 Å². The molecule has 0 saturated carbocycles. The molecule has 21 heavy (non-hydrogen) atoms. The van der Waals surface area contributed by atoms with Crippen LogP contribution in [-0.2, 0) is 20.9 Å². The number of ether oxygens (including phenoxy) is 2. The molecule has 1 aromatic carbocycles. The minimum atomic E-state index is -0.654. The van der Waals surface area contributed by atoms with Crippen LogP contribution in [0.1, 0.15) is 12.0 Å². The van der Waals surface area contributed by atoms with Crippen LogP contribution in [0.4, 0.5) is 4.79 Å². The van der Waals surface area contributed by atoms with E-state index >= 15 is 0 Å². The van der Waals surface area contributed by atoms with Gasteiger partial charge in [-0.15, -0.1) is 12.4 Å². The van der Waals surface area contributed by atoms with Gasteiger partial charge in [0.2, 0.25) is 0 Å². The molecule has 0 aromatic heterocycles. The topological polar surface area (TPSA) is 81.9 Å². The van der Waals surface area contributed by atoms with Crippen LogP contribution in [0.3, 0.4) is 0 Å². The van der Waals surface area contributed by atoms with E-state index in [0.29, 0.717) is 13.0 Å². The molecule has 7 heteroatoms. The predicted octanol–water partition coefficient (Wildman–Crippen LogP) is 1.32. The molecule has 0 spiro atoms. The summed E-state index contributed by atoms with van der Waals surface area (Å²) in [6.45, 7) is 0.465. The average Bonchev–Trinajstić information content (AvgIpc) is 2.87. The van der Waals surface area contributed by atoms with Gasteiger partial charge in [-0.2, -0.15) is 0 Å². The second-order valence-electron chi connectivity index (χ2n) is 4.73. The van der Waals surface area contributed by atoms with Crippen LogP contribution >= 0.6 is 12.4 Å². The summed E-state index contributed by atoms with van der Waals surface area (Å²) in [7, 11) is 1.29. The van der Waals surface area contributed by atoms with Crippen molar-refractivity contribution in [2.24, 2.45) is 5.73 Å². The van der Waals surface area contributed by atoms with E-state index in [9.17, 15) is 9.59 Å². The standard InChI is InChI=1S/C14H18N2O4.ClH/c1-19-13(17)12-7-11(15)8-16(12)14(18)20-9-10-5-3-2-4-6-10;/h2-6,11-12H,7-9,15H2,1H3;1H/t11-,12+;/m1./s1. The van der Waals surface area contributed by atoms with Crippen LogP contribution in [-0.4, -0.2) is 42.7 Å². The zero-order chi connectivity index (χ0) is 14.5. The molecule has 1 aliphatic heterocycles. The lowest BCUT2D eigenvalue weighted by atomic mass is 10.2. The average molecular weight is 315 g/mol. The zero-order valence-electron chi connectivity index (χ0n) is 11.7. The Labute approximate surface area is 129 Å². The molecule has 1 aliphatic rings. The summed E-state index contributed by atoms with van der Waals surface area (Å²) in [5.74, 6) is -0.463. The van der Waals surface area contributed by atoms with E-state index < -0.39 is 18.1 Å². The summed E-state index contributed by atoms with van der Waals surface area (Å²) < 4.78 is 9.89. The van der Waals surface area contributed by atoms with E-state index in [-0.39, 0.29) is 25.1 Å². The second-order valence-corrected chi connectivity index (χ2v) is 4.73. The van der Waals surface area contributed by atoms with Crippen LogP contribution in [0, 0.1) is 0 Å². The van der Waals surface area contributed by atoms with Gasteiger partial charge in [0, 0.05) is 12.6 Å². The van der Waals surface area contributed by atoms with Gasteiger partial charge in [-0.25, -0.2) is 9.59 Å². The van der Waals surface area contributed by atoms with Gasteiger partial charge in [0.1, 0.15) is 12.6 Å².